The van der Waals surface area contributed by atoms with Gasteiger partial charge in [0, 0.05) is 5.69 Å². The third-order valence-corrected chi connectivity index (χ3v) is 4.95. The number of para-hydroxylation sites is 1. The number of ether oxygens (including phenoxy) is 1. The monoisotopic (exact) mass is 408 g/mol. The number of carbonyl (C=O) groups is 2. The van der Waals surface area contributed by atoms with Crippen molar-refractivity contribution < 1.29 is 27.1 Å². The molecule has 0 spiro atoms. The third kappa shape index (κ3) is 5.29. The van der Waals surface area contributed by atoms with Crippen LogP contribution in [0.3, 0.4) is 0 Å². The number of hydrogen-bond donors (Lipinski definition) is 1. The molecule has 7 nitrogen and oxygen atoms in total. The number of anilines is 2. The fourth-order valence-corrected chi connectivity index (χ4v) is 3.36. The Morgan fingerprint density at radius 1 is 1.18 bits per heavy atom. The SMILES string of the molecule is CCOC(=O)c1ccc(NC(=O)CN(c2ccccc2F)S(C)(=O)=O)c(C)c1. The van der Waals surface area contributed by atoms with Crippen LogP contribution in [0.15, 0.2) is 42.5 Å². The van der Waals surface area contributed by atoms with E-state index in [4.69, 9.17) is 4.74 Å². The van der Waals surface area contributed by atoms with Gasteiger partial charge < -0.3 is 10.1 Å². The van der Waals surface area contributed by atoms with Gasteiger partial charge in [-0.05, 0) is 49.7 Å². The highest BCUT2D eigenvalue weighted by Gasteiger charge is 2.23. The molecule has 0 bridgehead atoms. The molecule has 9 heteroatoms. The lowest BCUT2D eigenvalue weighted by Gasteiger charge is -2.22. The summed E-state index contributed by atoms with van der Waals surface area (Å²) in [6, 6.07) is 9.87. The molecule has 1 amide bonds. The molecule has 28 heavy (non-hydrogen) atoms. The lowest BCUT2D eigenvalue weighted by atomic mass is 10.1. The van der Waals surface area contributed by atoms with Crippen molar-refractivity contribution in [1.29, 1.82) is 0 Å². The predicted molar refractivity (Wildman–Crippen MR) is 104 cm³/mol. The molecule has 0 heterocycles. The zero-order valence-electron chi connectivity index (χ0n) is 15.7. The van der Waals surface area contributed by atoms with Crippen molar-refractivity contribution in [3.63, 3.8) is 0 Å². The van der Waals surface area contributed by atoms with Crippen LogP contribution in [-0.2, 0) is 19.6 Å². The van der Waals surface area contributed by atoms with Gasteiger partial charge in [-0.2, -0.15) is 0 Å². The third-order valence-electron chi connectivity index (χ3n) is 3.82. The van der Waals surface area contributed by atoms with Crippen molar-refractivity contribution in [1.82, 2.24) is 0 Å². The molecule has 0 atom stereocenters. The van der Waals surface area contributed by atoms with Crippen molar-refractivity contribution in [3.05, 3.63) is 59.4 Å². The summed E-state index contributed by atoms with van der Waals surface area (Å²) in [4.78, 5) is 24.2. The number of carbonyl (C=O) groups excluding carboxylic acids is 2. The van der Waals surface area contributed by atoms with Crippen molar-refractivity contribution >= 4 is 33.3 Å². The summed E-state index contributed by atoms with van der Waals surface area (Å²) in [5.74, 6) is -1.89. The van der Waals surface area contributed by atoms with Crippen molar-refractivity contribution in [3.8, 4) is 0 Å². The van der Waals surface area contributed by atoms with E-state index in [0.29, 0.717) is 21.1 Å². The molecular weight excluding hydrogens is 387 g/mol. The number of nitrogens with one attached hydrogen (secondary N) is 1. The molecule has 0 aliphatic rings. The van der Waals surface area contributed by atoms with E-state index in [2.05, 4.69) is 5.32 Å². The molecule has 0 aliphatic heterocycles. The summed E-state index contributed by atoms with van der Waals surface area (Å²) in [7, 11) is -3.89. The van der Waals surface area contributed by atoms with E-state index in [1.165, 1.54) is 30.3 Å². The topological polar surface area (TPSA) is 92.8 Å². The Bertz CT molecular complexity index is 992. The molecule has 0 fully saturated rings. The molecule has 150 valence electrons. The van der Waals surface area contributed by atoms with Gasteiger partial charge in [0.05, 0.1) is 24.1 Å². The first kappa shape index (κ1) is 21.4. The highest BCUT2D eigenvalue weighted by atomic mass is 32.2. The molecule has 0 aromatic heterocycles. The summed E-state index contributed by atoms with van der Waals surface area (Å²) in [6.45, 7) is 3.03. The first-order valence-corrected chi connectivity index (χ1v) is 10.3. The van der Waals surface area contributed by atoms with Crippen LogP contribution in [0, 0.1) is 12.7 Å². The largest absolute Gasteiger partial charge is 0.462 e. The standard InChI is InChI=1S/C19H21FN2O5S/c1-4-27-19(24)14-9-10-16(13(2)11-14)21-18(23)12-22(28(3,25)26)17-8-6-5-7-15(17)20/h5-11H,4,12H2,1-3H3,(H,21,23). The highest BCUT2D eigenvalue weighted by Crippen LogP contribution is 2.22. The fraction of sp³-hybridized carbons (Fsp3) is 0.263. The van der Waals surface area contributed by atoms with Crippen molar-refractivity contribution in [2.24, 2.45) is 0 Å². The quantitative estimate of drug-likeness (QED) is 0.711. The molecule has 2 aromatic carbocycles. The fourth-order valence-electron chi connectivity index (χ4n) is 2.50. The minimum Gasteiger partial charge on any atom is -0.462 e. The van der Waals surface area contributed by atoms with E-state index in [0.717, 1.165) is 12.3 Å². The van der Waals surface area contributed by atoms with E-state index in [-0.39, 0.29) is 12.3 Å². The van der Waals surface area contributed by atoms with Crippen molar-refractivity contribution in [2.75, 3.05) is 29.0 Å². The number of sulfonamides is 1. The summed E-state index contributed by atoms with van der Waals surface area (Å²) >= 11 is 0. The molecule has 0 saturated heterocycles. The molecule has 2 aromatic rings. The zero-order chi connectivity index (χ0) is 20.9. The van der Waals surface area contributed by atoms with E-state index in [9.17, 15) is 22.4 Å². The van der Waals surface area contributed by atoms with Crippen LogP contribution in [0.2, 0.25) is 0 Å². The Hall–Kier alpha value is -2.94. The Morgan fingerprint density at radius 3 is 2.43 bits per heavy atom. The van der Waals surface area contributed by atoms with E-state index in [1.807, 2.05) is 0 Å². The zero-order valence-corrected chi connectivity index (χ0v) is 16.5. The number of hydrogen-bond acceptors (Lipinski definition) is 5. The van der Waals surface area contributed by atoms with E-state index in [1.54, 1.807) is 19.9 Å². The summed E-state index contributed by atoms with van der Waals surface area (Å²) in [5, 5.41) is 2.58. The number of halogens is 1. The molecule has 1 N–H and O–H groups in total. The predicted octanol–water partition coefficient (Wildman–Crippen LogP) is 2.72. The minimum atomic E-state index is -3.89. The summed E-state index contributed by atoms with van der Waals surface area (Å²) < 4.78 is 43.7. The average Bonchev–Trinajstić information content (AvgIpc) is 2.61. The maximum atomic E-state index is 14.0. The highest BCUT2D eigenvalue weighted by molar-refractivity contribution is 7.92. The second kappa shape index (κ2) is 8.83. The normalized spacial score (nSPS) is 11.0. The van der Waals surface area contributed by atoms with Crippen LogP contribution in [0.4, 0.5) is 15.8 Å². The maximum Gasteiger partial charge on any atom is 0.338 e. The van der Waals surface area contributed by atoms with Gasteiger partial charge in [-0.15, -0.1) is 0 Å². The molecular formula is C19H21FN2O5S. The Balaban J connectivity index is 2.20. The minimum absolute atomic E-state index is 0.213. The van der Waals surface area contributed by atoms with Gasteiger partial charge in [0.2, 0.25) is 15.9 Å². The molecule has 0 saturated carbocycles. The van der Waals surface area contributed by atoms with Crippen LogP contribution in [-0.4, -0.2) is 39.7 Å². The van der Waals surface area contributed by atoms with Gasteiger partial charge in [0.1, 0.15) is 12.4 Å². The number of rotatable bonds is 7. The van der Waals surface area contributed by atoms with Crippen LogP contribution >= 0.6 is 0 Å². The Kier molecular flexibility index (Phi) is 6.74. The van der Waals surface area contributed by atoms with Crippen LogP contribution in [0.25, 0.3) is 0 Å². The number of esters is 1. The average molecular weight is 408 g/mol. The number of benzene rings is 2. The lowest BCUT2D eigenvalue weighted by molar-refractivity contribution is -0.114. The van der Waals surface area contributed by atoms with E-state index < -0.39 is 34.3 Å². The summed E-state index contributed by atoms with van der Waals surface area (Å²) in [5.41, 5.74) is 1.12. The maximum absolute atomic E-state index is 14.0. The second-order valence-corrected chi connectivity index (χ2v) is 7.93. The van der Waals surface area contributed by atoms with Crippen LogP contribution in [0.1, 0.15) is 22.8 Å². The molecule has 2 rings (SSSR count). The van der Waals surface area contributed by atoms with E-state index >= 15 is 0 Å². The van der Waals surface area contributed by atoms with Gasteiger partial charge in [0.15, 0.2) is 0 Å². The first-order valence-electron chi connectivity index (χ1n) is 8.43. The van der Waals surface area contributed by atoms with Crippen LogP contribution in [0.5, 0.6) is 0 Å². The Labute approximate surface area is 163 Å². The molecule has 0 aliphatic carbocycles. The molecule has 0 radical (unpaired) electrons. The van der Waals surface area contributed by atoms with Gasteiger partial charge in [0.25, 0.3) is 0 Å². The van der Waals surface area contributed by atoms with Gasteiger partial charge in [-0.25, -0.2) is 17.6 Å². The smallest absolute Gasteiger partial charge is 0.338 e. The number of amides is 1. The second-order valence-electron chi connectivity index (χ2n) is 6.02. The summed E-state index contributed by atoms with van der Waals surface area (Å²) in [6.07, 6.45) is 0.895. The lowest BCUT2D eigenvalue weighted by Crippen LogP contribution is -2.38. The first-order chi connectivity index (χ1) is 13.1. The van der Waals surface area contributed by atoms with Gasteiger partial charge in [-0.1, -0.05) is 12.1 Å². The Morgan fingerprint density at radius 2 is 1.86 bits per heavy atom. The molecule has 0 unspecified atom stereocenters. The number of nitrogens with zero attached hydrogens (tertiary/aromatic N) is 1. The van der Waals surface area contributed by atoms with Gasteiger partial charge in [-0.3, -0.25) is 9.10 Å². The van der Waals surface area contributed by atoms with Crippen molar-refractivity contribution in [2.45, 2.75) is 13.8 Å². The number of aryl methyl sites for hydroxylation is 1. The van der Waals surface area contributed by atoms with Crippen LogP contribution < -0.4 is 9.62 Å². The van der Waals surface area contributed by atoms with Gasteiger partial charge >= 0.3 is 5.97 Å².